The first-order chi connectivity index (χ1) is 7.90. The lowest BCUT2D eigenvalue weighted by molar-refractivity contribution is 0.0188. The van der Waals surface area contributed by atoms with Crippen LogP contribution < -0.4 is 0 Å². The molecule has 0 bridgehead atoms. The van der Waals surface area contributed by atoms with Crippen molar-refractivity contribution >= 4 is 0 Å². The van der Waals surface area contributed by atoms with Crippen LogP contribution in [0.4, 0.5) is 0 Å². The van der Waals surface area contributed by atoms with Crippen LogP contribution in [0.25, 0.3) is 0 Å². The predicted octanol–water partition coefficient (Wildman–Crippen LogP) is 2.90. The van der Waals surface area contributed by atoms with E-state index in [9.17, 15) is 5.11 Å². The highest BCUT2D eigenvalue weighted by Crippen LogP contribution is 2.42. The van der Waals surface area contributed by atoms with E-state index in [4.69, 9.17) is 0 Å². The first-order valence-electron chi connectivity index (χ1n) is 7.32. The van der Waals surface area contributed by atoms with Crippen molar-refractivity contribution in [2.24, 2.45) is 17.3 Å². The number of piperidine rings is 1. The van der Waals surface area contributed by atoms with Crippen LogP contribution >= 0.6 is 0 Å². The van der Waals surface area contributed by atoms with Crippen LogP contribution in [-0.2, 0) is 0 Å². The van der Waals surface area contributed by atoms with Gasteiger partial charge in [-0.3, -0.25) is 0 Å². The number of nitrogens with zero attached hydrogens (tertiary/aromatic N) is 1. The van der Waals surface area contributed by atoms with E-state index in [2.05, 4.69) is 32.6 Å². The maximum Gasteiger partial charge on any atom is 0.0631 e. The van der Waals surface area contributed by atoms with Crippen molar-refractivity contribution < 1.29 is 5.11 Å². The largest absolute Gasteiger partial charge is 0.392 e. The molecule has 0 aromatic heterocycles. The zero-order chi connectivity index (χ0) is 12.6. The zero-order valence-electron chi connectivity index (χ0n) is 11.9. The van der Waals surface area contributed by atoms with E-state index in [0.29, 0.717) is 12.0 Å². The summed E-state index contributed by atoms with van der Waals surface area (Å²) in [6.45, 7) is 11.5. The highest BCUT2D eigenvalue weighted by molar-refractivity contribution is 4.93. The Bertz CT molecular complexity index is 264. The smallest absolute Gasteiger partial charge is 0.0631 e. The predicted molar refractivity (Wildman–Crippen MR) is 71.9 cm³/mol. The topological polar surface area (TPSA) is 23.5 Å². The molecule has 17 heavy (non-hydrogen) atoms. The van der Waals surface area contributed by atoms with Crippen molar-refractivity contribution in [3.8, 4) is 0 Å². The standard InChI is InChI=1S/C15H29NO/c1-11-6-8-16(12(2)9-11)10-13-5-7-15(3,4)14(13)17/h11-14,17H,5-10H2,1-4H3. The molecule has 1 heterocycles. The SMILES string of the molecule is CC1CCN(CC2CCC(C)(C)C2O)C(C)C1. The molecule has 1 aliphatic heterocycles. The summed E-state index contributed by atoms with van der Waals surface area (Å²) in [7, 11) is 0. The average molecular weight is 239 g/mol. The van der Waals surface area contributed by atoms with Crippen molar-refractivity contribution in [2.75, 3.05) is 13.1 Å². The van der Waals surface area contributed by atoms with Gasteiger partial charge in [0.15, 0.2) is 0 Å². The number of likely N-dealkylation sites (tertiary alicyclic amines) is 1. The molecular weight excluding hydrogens is 210 g/mol. The van der Waals surface area contributed by atoms with Crippen molar-refractivity contribution in [3.63, 3.8) is 0 Å². The van der Waals surface area contributed by atoms with Crippen LogP contribution in [0.3, 0.4) is 0 Å². The molecule has 100 valence electrons. The Morgan fingerprint density at radius 2 is 1.94 bits per heavy atom. The minimum absolute atomic E-state index is 0.103. The van der Waals surface area contributed by atoms with E-state index in [-0.39, 0.29) is 11.5 Å². The molecule has 2 nitrogen and oxygen atoms in total. The van der Waals surface area contributed by atoms with E-state index in [1.165, 1.54) is 32.2 Å². The second-order valence-electron chi connectivity index (χ2n) is 7.21. The van der Waals surface area contributed by atoms with Crippen LogP contribution in [0.1, 0.15) is 53.4 Å². The minimum Gasteiger partial charge on any atom is -0.392 e. The fourth-order valence-corrected chi connectivity index (χ4v) is 3.72. The second kappa shape index (κ2) is 4.89. The van der Waals surface area contributed by atoms with Gasteiger partial charge in [-0.25, -0.2) is 0 Å². The van der Waals surface area contributed by atoms with E-state index < -0.39 is 0 Å². The molecule has 0 aromatic rings. The fourth-order valence-electron chi connectivity index (χ4n) is 3.72. The lowest BCUT2D eigenvalue weighted by Crippen LogP contribution is -2.45. The summed E-state index contributed by atoms with van der Waals surface area (Å²) in [4.78, 5) is 2.61. The van der Waals surface area contributed by atoms with Crippen LogP contribution in [0, 0.1) is 17.3 Å². The summed E-state index contributed by atoms with van der Waals surface area (Å²) >= 11 is 0. The summed E-state index contributed by atoms with van der Waals surface area (Å²) in [5, 5.41) is 10.4. The van der Waals surface area contributed by atoms with Gasteiger partial charge in [0.2, 0.25) is 0 Å². The lowest BCUT2D eigenvalue weighted by Gasteiger charge is -2.39. The zero-order valence-corrected chi connectivity index (χ0v) is 11.9. The van der Waals surface area contributed by atoms with Gasteiger partial charge in [-0.1, -0.05) is 20.8 Å². The van der Waals surface area contributed by atoms with Gasteiger partial charge in [-0.15, -0.1) is 0 Å². The number of rotatable bonds is 2. The fraction of sp³-hybridized carbons (Fsp3) is 1.00. The Balaban J connectivity index is 1.89. The van der Waals surface area contributed by atoms with E-state index in [1.807, 2.05) is 0 Å². The van der Waals surface area contributed by atoms with Crippen LogP contribution in [0.5, 0.6) is 0 Å². The maximum atomic E-state index is 10.4. The van der Waals surface area contributed by atoms with Gasteiger partial charge in [0.25, 0.3) is 0 Å². The Labute approximate surface area is 106 Å². The first kappa shape index (κ1) is 13.4. The minimum atomic E-state index is -0.103. The van der Waals surface area contributed by atoms with Crippen LogP contribution in [0.2, 0.25) is 0 Å². The Hall–Kier alpha value is -0.0800. The quantitative estimate of drug-likeness (QED) is 0.801. The van der Waals surface area contributed by atoms with Crippen molar-refractivity contribution in [1.29, 1.82) is 0 Å². The van der Waals surface area contributed by atoms with Gasteiger partial charge >= 0.3 is 0 Å². The maximum absolute atomic E-state index is 10.4. The van der Waals surface area contributed by atoms with Crippen LogP contribution in [0.15, 0.2) is 0 Å². The van der Waals surface area contributed by atoms with Gasteiger partial charge in [-0.05, 0) is 56.4 Å². The van der Waals surface area contributed by atoms with Gasteiger partial charge in [-0.2, -0.15) is 0 Å². The molecule has 1 N–H and O–H groups in total. The Morgan fingerprint density at radius 3 is 2.47 bits per heavy atom. The Kier molecular flexibility index (Phi) is 3.84. The van der Waals surface area contributed by atoms with E-state index >= 15 is 0 Å². The monoisotopic (exact) mass is 239 g/mol. The molecular formula is C15H29NO. The van der Waals surface area contributed by atoms with E-state index in [1.54, 1.807) is 0 Å². The summed E-state index contributed by atoms with van der Waals surface area (Å²) in [6.07, 6.45) is 4.93. The molecule has 4 atom stereocenters. The molecule has 0 aromatic carbocycles. The number of hydrogen-bond donors (Lipinski definition) is 1. The van der Waals surface area contributed by atoms with E-state index in [0.717, 1.165) is 12.5 Å². The number of aliphatic hydroxyl groups is 1. The second-order valence-corrected chi connectivity index (χ2v) is 7.21. The molecule has 4 unspecified atom stereocenters. The third-order valence-electron chi connectivity index (χ3n) is 5.15. The average Bonchev–Trinajstić information content (AvgIpc) is 2.49. The van der Waals surface area contributed by atoms with Crippen molar-refractivity contribution in [3.05, 3.63) is 0 Å². The summed E-state index contributed by atoms with van der Waals surface area (Å²) in [6, 6.07) is 0.703. The summed E-state index contributed by atoms with van der Waals surface area (Å²) in [5.41, 5.74) is 0.136. The van der Waals surface area contributed by atoms with Gasteiger partial charge in [0, 0.05) is 12.6 Å². The third kappa shape index (κ3) is 2.85. The molecule has 0 radical (unpaired) electrons. The van der Waals surface area contributed by atoms with Gasteiger partial charge in [0.1, 0.15) is 0 Å². The van der Waals surface area contributed by atoms with Gasteiger partial charge in [0.05, 0.1) is 6.10 Å². The first-order valence-corrected chi connectivity index (χ1v) is 7.32. The summed E-state index contributed by atoms with van der Waals surface area (Å²) < 4.78 is 0. The van der Waals surface area contributed by atoms with Crippen LogP contribution in [-0.4, -0.2) is 35.2 Å². The molecule has 1 saturated heterocycles. The molecule has 1 saturated carbocycles. The molecule has 0 spiro atoms. The molecule has 0 amide bonds. The lowest BCUT2D eigenvalue weighted by atomic mass is 9.86. The highest BCUT2D eigenvalue weighted by atomic mass is 16.3. The molecule has 2 heteroatoms. The molecule has 2 aliphatic rings. The Morgan fingerprint density at radius 1 is 1.24 bits per heavy atom. The van der Waals surface area contributed by atoms with Crippen molar-refractivity contribution in [1.82, 2.24) is 4.90 Å². The molecule has 2 fully saturated rings. The molecule has 2 rings (SSSR count). The normalized spacial score (nSPS) is 42.9. The third-order valence-corrected chi connectivity index (χ3v) is 5.15. The highest BCUT2D eigenvalue weighted by Gasteiger charge is 2.41. The van der Waals surface area contributed by atoms with Crippen molar-refractivity contribution in [2.45, 2.75) is 65.5 Å². The number of hydrogen-bond acceptors (Lipinski definition) is 2. The van der Waals surface area contributed by atoms with Gasteiger partial charge < -0.3 is 10.0 Å². The number of aliphatic hydroxyl groups excluding tert-OH is 1. The molecule has 1 aliphatic carbocycles. The summed E-state index contributed by atoms with van der Waals surface area (Å²) in [5.74, 6) is 1.38.